The van der Waals surface area contributed by atoms with Crippen LogP contribution >= 0.6 is 11.6 Å². The van der Waals surface area contributed by atoms with Crippen molar-refractivity contribution >= 4 is 23.3 Å². The quantitative estimate of drug-likeness (QED) is 0.863. The molecular weight excluding hydrogens is 250 g/mol. The molecule has 0 spiro atoms. The number of nitrogens with zero attached hydrogens (tertiary/aromatic N) is 1. The lowest BCUT2D eigenvalue weighted by Gasteiger charge is -2.35. The van der Waals surface area contributed by atoms with Crippen LogP contribution < -0.4 is 15.5 Å². The Balaban J connectivity index is 2.03. The molecule has 0 radical (unpaired) electrons. The number of amides is 2. The summed E-state index contributed by atoms with van der Waals surface area (Å²) in [5.41, 5.74) is 1.04. The van der Waals surface area contributed by atoms with E-state index < -0.39 is 0 Å². The molecule has 1 fully saturated rings. The molecule has 1 saturated heterocycles. The molecule has 18 heavy (non-hydrogen) atoms. The maximum atomic E-state index is 11.3. The average Bonchev–Trinajstić information content (AvgIpc) is 2.39. The Bertz CT molecular complexity index is 424. The fourth-order valence-corrected chi connectivity index (χ4v) is 2.53. The van der Waals surface area contributed by atoms with Crippen LogP contribution in [-0.2, 0) is 0 Å². The molecule has 5 heteroatoms. The van der Waals surface area contributed by atoms with Gasteiger partial charge < -0.3 is 15.5 Å². The van der Waals surface area contributed by atoms with Crippen LogP contribution in [0.1, 0.15) is 12.8 Å². The number of hydrogen-bond acceptors (Lipinski definition) is 2. The molecule has 4 nitrogen and oxygen atoms in total. The summed E-state index contributed by atoms with van der Waals surface area (Å²) in [7, 11) is 1.63. The molecule has 2 rings (SSSR count). The summed E-state index contributed by atoms with van der Waals surface area (Å²) in [6.07, 6.45) is 2.06. The van der Waals surface area contributed by atoms with Crippen LogP contribution in [-0.4, -0.2) is 32.2 Å². The lowest BCUT2D eigenvalue weighted by Crippen LogP contribution is -2.50. The molecule has 2 N–H and O–H groups in total. The summed E-state index contributed by atoms with van der Waals surface area (Å²) in [5, 5.41) is 6.30. The van der Waals surface area contributed by atoms with Crippen LogP contribution in [0, 0.1) is 0 Å². The Morgan fingerprint density at radius 3 is 2.94 bits per heavy atom. The van der Waals surface area contributed by atoms with Gasteiger partial charge in [-0.05, 0) is 25.0 Å². The van der Waals surface area contributed by atoms with Crippen molar-refractivity contribution in [2.45, 2.75) is 18.9 Å². The number of rotatable bonds is 2. The minimum atomic E-state index is -0.124. The number of urea groups is 1. The maximum Gasteiger partial charge on any atom is 0.314 e. The van der Waals surface area contributed by atoms with Gasteiger partial charge in [0.05, 0.1) is 10.7 Å². The van der Waals surface area contributed by atoms with Gasteiger partial charge in [-0.15, -0.1) is 0 Å². The van der Waals surface area contributed by atoms with Crippen LogP contribution in [0.2, 0.25) is 5.02 Å². The van der Waals surface area contributed by atoms with Gasteiger partial charge in [0.1, 0.15) is 0 Å². The van der Waals surface area contributed by atoms with Crippen molar-refractivity contribution in [1.82, 2.24) is 10.6 Å². The van der Waals surface area contributed by atoms with Crippen LogP contribution in [0.25, 0.3) is 0 Å². The van der Waals surface area contributed by atoms with Gasteiger partial charge in [-0.25, -0.2) is 4.79 Å². The molecular formula is C13H18ClN3O. The fraction of sp³-hybridized carbons (Fsp3) is 0.462. The van der Waals surface area contributed by atoms with Crippen molar-refractivity contribution in [3.8, 4) is 0 Å². The van der Waals surface area contributed by atoms with E-state index in [0.29, 0.717) is 0 Å². The van der Waals surface area contributed by atoms with E-state index in [9.17, 15) is 4.79 Å². The average molecular weight is 268 g/mol. The third-order valence-corrected chi connectivity index (χ3v) is 3.50. The van der Waals surface area contributed by atoms with Gasteiger partial charge in [0.2, 0.25) is 0 Å². The Kier molecular flexibility index (Phi) is 4.31. The SMILES string of the molecule is CNC(=O)NC1CCCN(c2ccccc2Cl)C1. The van der Waals surface area contributed by atoms with Crippen molar-refractivity contribution in [3.05, 3.63) is 29.3 Å². The number of piperidine rings is 1. The summed E-state index contributed by atoms with van der Waals surface area (Å²) >= 11 is 6.20. The molecule has 1 atom stereocenters. The predicted molar refractivity (Wildman–Crippen MR) is 74.3 cm³/mol. The van der Waals surface area contributed by atoms with Crippen LogP contribution in [0.5, 0.6) is 0 Å². The third-order valence-electron chi connectivity index (χ3n) is 3.18. The number of benzene rings is 1. The molecule has 1 heterocycles. The standard InChI is InChI=1S/C13H18ClN3O/c1-15-13(18)16-10-5-4-8-17(9-10)12-7-3-2-6-11(12)14/h2-3,6-7,10H,4-5,8-9H2,1H3,(H2,15,16,18). The molecule has 0 aromatic heterocycles. The van der Waals surface area contributed by atoms with Crippen LogP contribution in [0.3, 0.4) is 0 Å². The molecule has 98 valence electrons. The highest BCUT2D eigenvalue weighted by atomic mass is 35.5. The molecule has 1 aromatic carbocycles. The Morgan fingerprint density at radius 2 is 2.22 bits per heavy atom. The van der Waals surface area contributed by atoms with Crippen molar-refractivity contribution in [1.29, 1.82) is 0 Å². The minimum Gasteiger partial charge on any atom is -0.368 e. The largest absolute Gasteiger partial charge is 0.368 e. The van der Waals surface area contributed by atoms with E-state index in [0.717, 1.165) is 36.6 Å². The van der Waals surface area contributed by atoms with Gasteiger partial charge in [0, 0.05) is 26.2 Å². The van der Waals surface area contributed by atoms with Gasteiger partial charge in [0.15, 0.2) is 0 Å². The number of anilines is 1. The van der Waals surface area contributed by atoms with Gasteiger partial charge in [-0.1, -0.05) is 23.7 Å². The van der Waals surface area contributed by atoms with E-state index in [-0.39, 0.29) is 12.1 Å². The lowest BCUT2D eigenvalue weighted by atomic mass is 10.1. The van der Waals surface area contributed by atoms with E-state index in [1.165, 1.54) is 0 Å². The molecule has 1 aromatic rings. The number of hydrogen-bond donors (Lipinski definition) is 2. The van der Waals surface area contributed by atoms with Gasteiger partial charge in [-0.2, -0.15) is 0 Å². The summed E-state index contributed by atoms with van der Waals surface area (Å²) < 4.78 is 0. The summed E-state index contributed by atoms with van der Waals surface area (Å²) in [6, 6.07) is 7.88. The summed E-state index contributed by atoms with van der Waals surface area (Å²) in [6.45, 7) is 1.78. The van der Waals surface area contributed by atoms with Gasteiger partial charge >= 0.3 is 6.03 Å². The zero-order valence-corrected chi connectivity index (χ0v) is 11.2. The Labute approximate surface area is 112 Å². The Morgan fingerprint density at radius 1 is 1.44 bits per heavy atom. The first kappa shape index (κ1) is 13.0. The lowest BCUT2D eigenvalue weighted by molar-refractivity contribution is 0.237. The zero-order valence-electron chi connectivity index (χ0n) is 10.4. The normalized spacial score (nSPS) is 19.4. The Hall–Kier alpha value is -1.42. The fourth-order valence-electron chi connectivity index (χ4n) is 2.28. The van der Waals surface area contributed by atoms with Crippen LogP contribution in [0.4, 0.5) is 10.5 Å². The second-order valence-corrected chi connectivity index (χ2v) is 4.87. The second kappa shape index (κ2) is 5.96. The predicted octanol–water partition coefficient (Wildman–Crippen LogP) is 2.24. The van der Waals surface area contributed by atoms with E-state index in [2.05, 4.69) is 15.5 Å². The molecule has 0 bridgehead atoms. The first-order valence-corrected chi connectivity index (χ1v) is 6.56. The first-order chi connectivity index (χ1) is 8.70. The van der Waals surface area contributed by atoms with Crippen molar-refractivity contribution in [3.63, 3.8) is 0 Å². The highest BCUT2D eigenvalue weighted by Crippen LogP contribution is 2.27. The smallest absolute Gasteiger partial charge is 0.314 e. The number of nitrogens with one attached hydrogen (secondary N) is 2. The maximum absolute atomic E-state index is 11.3. The molecule has 0 saturated carbocycles. The molecule has 1 aliphatic heterocycles. The topological polar surface area (TPSA) is 44.4 Å². The summed E-state index contributed by atoms with van der Waals surface area (Å²) in [4.78, 5) is 13.6. The van der Waals surface area contributed by atoms with Crippen molar-refractivity contribution < 1.29 is 4.79 Å². The van der Waals surface area contributed by atoms with E-state index in [1.807, 2.05) is 24.3 Å². The van der Waals surface area contributed by atoms with Crippen LogP contribution in [0.15, 0.2) is 24.3 Å². The van der Waals surface area contributed by atoms with E-state index in [4.69, 9.17) is 11.6 Å². The van der Waals surface area contributed by atoms with E-state index >= 15 is 0 Å². The molecule has 2 amide bonds. The molecule has 0 aliphatic carbocycles. The molecule has 1 unspecified atom stereocenters. The van der Waals surface area contributed by atoms with Crippen molar-refractivity contribution in [2.75, 3.05) is 25.0 Å². The number of para-hydroxylation sites is 1. The first-order valence-electron chi connectivity index (χ1n) is 6.18. The second-order valence-electron chi connectivity index (χ2n) is 4.46. The highest BCUT2D eigenvalue weighted by molar-refractivity contribution is 6.33. The molecule has 1 aliphatic rings. The van der Waals surface area contributed by atoms with E-state index in [1.54, 1.807) is 7.05 Å². The number of halogens is 1. The highest BCUT2D eigenvalue weighted by Gasteiger charge is 2.22. The summed E-state index contributed by atoms with van der Waals surface area (Å²) in [5.74, 6) is 0. The van der Waals surface area contributed by atoms with Crippen molar-refractivity contribution in [2.24, 2.45) is 0 Å². The number of carbonyl (C=O) groups excluding carboxylic acids is 1. The third kappa shape index (κ3) is 3.07. The monoisotopic (exact) mass is 267 g/mol. The van der Waals surface area contributed by atoms with Gasteiger partial charge in [0.25, 0.3) is 0 Å². The van der Waals surface area contributed by atoms with Gasteiger partial charge in [-0.3, -0.25) is 0 Å². The number of carbonyl (C=O) groups is 1. The zero-order chi connectivity index (χ0) is 13.0. The minimum absolute atomic E-state index is 0.124.